The summed E-state index contributed by atoms with van der Waals surface area (Å²) in [7, 11) is 0. The van der Waals surface area contributed by atoms with Crippen molar-refractivity contribution in [1.82, 2.24) is 0 Å². The van der Waals surface area contributed by atoms with E-state index < -0.39 is 0 Å². The molecule has 1 aliphatic heterocycles. The second-order valence-electron chi connectivity index (χ2n) is 6.07. The smallest absolute Gasteiger partial charge is 0.268 e. The summed E-state index contributed by atoms with van der Waals surface area (Å²) < 4.78 is 0. The molecule has 1 aliphatic rings. The summed E-state index contributed by atoms with van der Waals surface area (Å²) in [6.45, 7) is 1.80. The molecule has 0 saturated heterocycles. The van der Waals surface area contributed by atoms with Crippen LogP contribution in [0.1, 0.15) is 10.4 Å². The average molecular weight is 446 g/mol. The number of hydrogen-bond acceptors (Lipinski definition) is 4. The molecule has 0 atom stereocenters. The quantitative estimate of drug-likeness (QED) is 0.433. The molecule has 4 rings (SSSR count). The summed E-state index contributed by atoms with van der Waals surface area (Å²) in [6, 6.07) is 16.1. The molecule has 0 unspecified atom stereocenters. The molecule has 2 aromatic carbocycles. The van der Waals surface area contributed by atoms with Crippen molar-refractivity contribution in [3.8, 4) is 0 Å². The highest BCUT2D eigenvalue weighted by Gasteiger charge is 2.41. The monoisotopic (exact) mass is 445 g/mol. The molecule has 0 saturated carbocycles. The molecular formula is C21H13Cl2NO2S2. The maximum Gasteiger partial charge on any atom is 0.272 e. The number of thiophene rings is 1. The normalized spacial score (nSPS) is 14.3. The Morgan fingerprint density at radius 1 is 0.929 bits per heavy atom. The number of carbonyl (C=O) groups is 2. The van der Waals surface area contributed by atoms with Crippen LogP contribution in [-0.2, 0) is 9.59 Å². The fourth-order valence-corrected chi connectivity index (χ4v) is 5.03. The first-order valence-corrected chi connectivity index (χ1v) is 10.8. The summed E-state index contributed by atoms with van der Waals surface area (Å²) in [4.78, 5) is 29.8. The lowest BCUT2D eigenvalue weighted by atomic mass is 10.1. The van der Waals surface area contributed by atoms with Crippen LogP contribution in [0, 0.1) is 6.92 Å². The van der Waals surface area contributed by atoms with E-state index in [1.807, 2.05) is 29.6 Å². The van der Waals surface area contributed by atoms with Gasteiger partial charge in [-0.05, 0) is 60.3 Å². The maximum absolute atomic E-state index is 13.3. The van der Waals surface area contributed by atoms with Crippen molar-refractivity contribution in [1.29, 1.82) is 0 Å². The van der Waals surface area contributed by atoms with E-state index in [1.54, 1.807) is 37.3 Å². The SMILES string of the molecule is Cc1c(Cl)cccc1N1C(=O)C(Sc2ccc(Cl)cc2)=C(c2cccs2)C1=O. The van der Waals surface area contributed by atoms with Crippen LogP contribution in [0.2, 0.25) is 10.0 Å². The van der Waals surface area contributed by atoms with Crippen molar-refractivity contribution in [3.05, 3.63) is 85.4 Å². The van der Waals surface area contributed by atoms with Crippen LogP contribution < -0.4 is 4.90 Å². The summed E-state index contributed by atoms with van der Waals surface area (Å²) in [5, 5.41) is 3.01. The number of imide groups is 1. The van der Waals surface area contributed by atoms with Gasteiger partial charge in [-0.25, -0.2) is 4.90 Å². The van der Waals surface area contributed by atoms with Gasteiger partial charge in [-0.3, -0.25) is 9.59 Å². The Balaban J connectivity index is 1.82. The average Bonchev–Trinajstić information content (AvgIpc) is 3.27. The third-order valence-electron chi connectivity index (χ3n) is 4.32. The zero-order valence-electron chi connectivity index (χ0n) is 14.6. The van der Waals surface area contributed by atoms with E-state index >= 15 is 0 Å². The third kappa shape index (κ3) is 3.40. The first-order valence-electron chi connectivity index (χ1n) is 8.33. The van der Waals surface area contributed by atoms with E-state index in [0.717, 1.165) is 9.77 Å². The van der Waals surface area contributed by atoms with E-state index in [0.29, 0.717) is 31.8 Å². The van der Waals surface area contributed by atoms with Gasteiger partial charge < -0.3 is 0 Å². The summed E-state index contributed by atoms with van der Waals surface area (Å²) >= 11 is 14.9. The minimum absolute atomic E-state index is 0.339. The lowest BCUT2D eigenvalue weighted by Gasteiger charge is -2.18. The van der Waals surface area contributed by atoms with Gasteiger partial charge in [-0.1, -0.05) is 47.1 Å². The zero-order valence-corrected chi connectivity index (χ0v) is 17.8. The highest BCUT2D eigenvalue weighted by molar-refractivity contribution is 8.04. The predicted molar refractivity (Wildman–Crippen MR) is 117 cm³/mol. The standard InChI is InChI=1S/C21H13Cl2NO2S2/c1-12-15(23)4-2-5-16(12)24-20(25)18(17-6-3-11-27-17)19(21(24)26)28-14-9-7-13(22)8-10-14/h2-11H,1H3. The fraction of sp³-hybridized carbons (Fsp3) is 0.0476. The van der Waals surface area contributed by atoms with Crippen LogP contribution in [0.3, 0.4) is 0 Å². The molecule has 0 fully saturated rings. The highest BCUT2D eigenvalue weighted by atomic mass is 35.5. The van der Waals surface area contributed by atoms with E-state index in [1.165, 1.54) is 28.0 Å². The molecule has 7 heteroatoms. The van der Waals surface area contributed by atoms with Crippen LogP contribution in [0.15, 0.2) is 69.8 Å². The molecule has 0 aliphatic carbocycles. The number of benzene rings is 2. The molecule has 28 heavy (non-hydrogen) atoms. The number of thioether (sulfide) groups is 1. The van der Waals surface area contributed by atoms with Crippen molar-refractivity contribution in [2.24, 2.45) is 0 Å². The van der Waals surface area contributed by atoms with E-state index in [9.17, 15) is 9.59 Å². The first kappa shape index (κ1) is 19.3. The van der Waals surface area contributed by atoms with Crippen LogP contribution in [-0.4, -0.2) is 11.8 Å². The first-order chi connectivity index (χ1) is 13.5. The van der Waals surface area contributed by atoms with Gasteiger partial charge in [-0.2, -0.15) is 0 Å². The van der Waals surface area contributed by atoms with Crippen molar-refractivity contribution >= 4 is 69.4 Å². The Labute approximate surface area is 180 Å². The summed E-state index contributed by atoms with van der Waals surface area (Å²) in [6.07, 6.45) is 0. The number of hydrogen-bond donors (Lipinski definition) is 0. The molecule has 3 nitrogen and oxygen atoms in total. The molecule has 140 valence electrons. The van der Waals surface area contributed by atoms with Crippen molar-refractivity contribution in [2.45, 2.75) is 11.8 Å². The Bertz CT molecular complexity index is 1110. The molecule has 0 spiro atoms. The fourth-order valence-electron chi connectivity index (χ4n) is 2.92. The Hall–Kier alpha value is -2.05. The van der Waals surface area contributed by atoms with Crippen LogP contribution in [0.25, 0.3) is 5.57 Å². The van der Waals surface area contributed by atoms with E-state index in [-0.39, 0.29) is 11.8 Å². The zero-order chi connectivity index (χ0) is 19.8. The number of carbonyl (C=O) groups excluding carboxylic acids is 2. The predicted octanol–water partition coefficient (Wildman–Crippen LogP) is 6.44. The van der Waals surface area contributed by atoms with Crippen LogP contribution >= 0.6 is 46.3 Å². The minimum atomic E-state index is -0.348. The molecule has 0 N–H and O–H groups in total. The molecule has 0 radical (unpaired) electrons. The number of anilines is 1. The third-order valence-corrected chi connectivity index (χ3v) is 6.96. The lowest BCUT2D eigenvalue weighted by Crippen LogP contribution is -2.31. The van der Waals surface area contributed by atoms with Gasteiger partial charge in [0.1, 0.15) is 0 Å². The molecule has 2 heterocycles. The van der Waals surface area contributed by atoms with Gasteiger partial charge in [-0.15, -0.1) is 11.3 Å². The van der Waals surface area contributed by atoms with Crippen LogP contribution in [0.5, 0.6) is 0 Å². The van der Waals surface area contributed by atoms with Crippen LogP contribution in [0.4, 0.5) is 5.69 Å². The number of halogens is 2. The second kappa shape index (κ2) is 7.76. The number of rotatable bonds is 4. The summed E-state index contributed by atoms with van der Waals surface area (Å²) in [5.74, 6) is -0.687. The Morgan fingerprint density at radius 3 is 2.36 bits per heavy atom. The maximum atomic E-state index is 13.3. The molecule has 0 bridgehead atoms. The van der Waals surface area contributed by atoms with E-state index in [2.05, 4.69) is 0 Å². The second-order valence-corrected chi connectivity index (χ2v) is 8.94. The molecule has 2 amide bonds. The molecule has 1 aromatic heterocycles. The van der Waals surface area contributed by atoms with Crippen molar-refractivity contribution in [2.75, 3.05) is 4.90 Å². The van der Waals surface area contributed by atoms with Crippen molar-refractivity contribution < 1.29 is 9.59 Å². The largest absolute Gasteiger partial charge is 0.272 e. The van der Waals surface area contributed by atoms with Gasteiger partial charge in [0.2, 0.25) is 0 Å². The Morgan fingerprint density at radius 2 is 1.68 bits per heavy atom. The van der Waals surface area contributed by atoms with Crippen molar-refractivity contribution in [3.63, 3.8) is 0 Å². The van der Waals surface area contributed by atoms with Gasteiger partial charge in [0.25, 0.3) is 11.8 Å². The Kier molecular flexibility index (Phi) is 5.34. The number of nitrogens with zero attached hydrogens (tertiary/aromatic N) is 1. The van der Waals surface area contributed by atoms with Gasteiger partial charge in [0.15, 0.2) is 0 Å². The minimum Gasteiger partial charge on any atom is -0.268 e. The highest BCUT2D eigenvalue weighted by Crippen LogP contribution is 2.43. The van der Waals surface area contributed by atoms with E-state index in [4.69, 9.17) is 23.2 Å². The molecular weight excluding hydrogens is 433 g/mol. The lowest BCUT2D eigenvalue weighted by molar-refractivity contribution is -0.119. The number of amides is 2. The van der Waals surface area contributed by atoms with Gasteiger partial charge >= 0.3 is 0 Å². The topological polar surface area (TPSA) is 37.4 Å². The van der Waals surface area contributed by atoms with Gasteiger partial charge in [0, 0.05) is 19.8 Å². The molecule has 3 aromatic rings. The van der Waals surface area contributed by atoms with Gasteiger partial charge in [0.05, 0.1) is 16.2 Å². The summed E-state index contributed by atoms with van der Waals surface area (Å²) in [5.41, 5.74) is 1.61.